The molecular weight excluding hydrogens is 505 g/mol. The van der Waals surface area contributed by atoms with Gasteiger partial charge in [-0.05, 0) is 61.1 Å². The lowest BCUT2D eigenvalue weighted by Gasteiger charge is -2.40. The lowest BCUT2D eigenvalue weighted by Crippen LogP contribution is -2.59. The van der Waals surface area contributed by atoms with Crippen LogP contribution in [-0.4, -0.2) is 43.6 Å². The Kier molecular flexibility index (Phi) is 5.24. The van der Waals surface area contributed by atoms with Crippen molar-refractivity contribution in [3.05, 3.63) is 63.6 Å². The summed E-state index contributed by atoms with van der Waals surface area (Å²) in [5, 5.41) is 9.82. The number of hydrogen-bond donors (Lipinski definition) is 1. The van der Waals surface area contributed by atoms with Gasteiger partial charge in [0.15, 0.2) is 5.92 Å². The average Bonchev–Trinajstić information content (AvgIpc) is 3.55. The van der Waals surface area contributed by atoms with Crippen LogP contribution in [0.1, 0.15) is 48.0 Å². The molecule has 9 nitrogen and oxygen atoms in total. The third kappa shape index (κ3) is 3.53. The molecule has 2 heterocycles. The molecule has 2 aliphatic carbocycles. The standard InChI is InChI=1S/C26H23F3N4O5/c1-30-20-9-7-14(11-21(20)32(24(30)37)13-5-6-13)31-12-17(23(35)36)22(34)33(25(31)38)19-10-8-15-16(19)3-2-4-18(15)26(27,28)29/h2-4,7,9,11,13,17,19H,5-6,8,10,12H2,1H3,(H,35,36)/t17?,19-/m1/s1. The van der Waals surface area contributed by atoms with Gasteiger partial charge in [-0.2, -0.15) is 13.2 Å². The zero-order chi connectivity index (χ0) is 27.1. The van der Waals surface area contributed by atoms with Gasteiger partial charge in [0.25, 0.3) is 0 Å². The van der Waals surface area contributed by atoms with E-state index in [1.807, 2.05) is 0 Å². The quantitative estimate of drug-likeness (QED) is 0.518. The van der Waals surface area contributed by atoms with E-state index >= 15 is 0 Å². The molecule has 2 aromatic carbocycles. The fourth-order valence-corrected chi connectivity index (χ4v) is 5.79. The van der Waals surface area contributed by atoms with Crippen LogP contribution in [0.25, 0.3) is 11.0 Å². The molecular formula is C26H23F3N4O5. The lowest BCUT2D eigenvalue weighted by atomic mass is 9.98. The van der Waals surface area contributed by atoms with E-state index in [1.165, 1.54) is 21.6 Å². The Balaban J connectivity index is 1.44. The first-order valence-electron chi connectivity index (χ1n) is 12.3. The predicted octanol–water partition coefficient (Wildman–Crippen LogP) is 3.85. The summed E-state index contributed by atoms with van der Waals surface area (Å²) >= 11 is 0. The Labute approximate surface area is 213 Å². The Morgan fingerprint density at radius 1 is 1.03 bits per heavy atom. The number of fused-ring (bicyclic) bond motifs is 2. The summed E-state index contributed by atoms with van der Waals surface area (Å²) < 4.78 is 44.0. The number of amides is 3. The molecule has 0 radical (unpaired) electrons. The second-order valence-corrected chi connectivity index (χ2v) is 10.0. The Hall–Kier alpha value is -4.09. The van der Waals surface area contributed by atoms with Gasteiger partial charge in [0, 0.05) is 25.3 Å². The van der Waals surface area contributed by atoms with Gasteiger partial charge in [0.2, 0.25) is 5.91 Å². The molecule has 1 aliphatic heterocycles. The second kappa shape index (κ2) is 8.20. The third-order valence-corrected chi connectivity index (χ3v) is 7.79. The average molecular weight is 528 g/mol. The highest BCUT2D eigenvalue weighted by Crippen LogP contribution is 2.44. The van der Waals surface area contributed by atoms with Gasteiger partial charge >= 0.3 is 23.9 Å². The van der Waals surface area contributed by atoms with Crippen molar-refractivity contribution in [1.82, 2.24) is 14.0 Å². The summed E-state index contributed by atoms with van der Waals surface area (Å²) in [6, 6.07) is 6.71. The third-order valence-electron chi connectivity index (χ3n) is 7.79. The van der Waals surface area contributed by atoms with Crippen LogP contribution in [0.15, 0.2) is 41.2 Å². The van der Waals surface area contributed by atoms with Gasteiger partial charge in [-0.1, -0.05) is 12.1 Å². The Bertz CT molecular complexity index is 1590. The minimum Gasteiger partial charge on any atom is -0.481 e. The van der Waals surface area contributed by atoms with Gasteiger partial charge in [-0.15, -0.1) is 0 Å². The number of aliphatic carboxylic acids is 1. The molecule has 1 unspecified atom stereocenters. The highest BCUT2D eigenvalue weighted by Gasteiger charge is 2.49. The minimum atomic E-state index is -4.60. The van der Waals surface area contributed by atoms with Crippen molar-refractivity contribution in [1.29, 1.82) is 0 Å². The molecule has 198 valence electrons. The second-order valence-electron chi connectivity index (χ2n) is 10.0. The number of imidazole rings is 1. The van der Waals surface area contributed by atoms with E-state index < -0.39 is 48.2 Å². The largest absolute Gasteiger partial charge is 0.481 e. The van der Waals surface area contributed by atoms with Crippen LogP contribution >= 0.6 is 0 Å². The van der Waals surface area contributed by atoms with Gasteiger partial charge in [0.1, 0.15) is 0 Å². The summed E-state index contributed by atoms with van der Waals surface area (Å²) in [4.78, 5) is 53.9. The summed E-state index contributed by atoms with van der Waals surface area (Å²) in [5.41, 5.74) is 0.696. The smallest absolute Gasteiger partial charge is 0.416 e. The van der Waals surface area contributed by atoms with Crippen molar-refractivity contribution in [3.8, 4) is 0 Å². The van der Waals surface area contributed by atoms with E-state index in [0.29, 0.717) is 16.7 Å². The van der Waals surface area contributed by atoms with Crippen LogP contribution in [0.2, 0.25) is 0 Å². The number of alkyl halides is 3. The van der Waals surface area contributed by atoms with E-state index in [1.54, 1.807) is 29.8 Å². The number of anilines is 1. The number of carbonyl (C=O) groups is 3. The molecule has 0 bridgehead atoms. The molecule has 38 heavy (non-hydrogen) atoms. The molecule has 1 aromatic heterocycles. The van der Waals surface area contributed by atoms with Crippen molar-refractivity contribution < 1.29 is 32.7 Å². The fraction of sp³-hybridized carbons (Fsp3) is 0.385. The number of carboxylic acids is 1. The van der Waals surface area contributed by atoms with Gasteiger partial charge in [0.05, 0.1) is 22.6 Å². The highest BCUT2D eigenvalue weighted by molar-refractivity contribution is 6.13. The monoisotopic (exact) mass is 528 g/mol. The first-order valence-corrected chi connectivity index (χ1v) is 12.3. The number of urea groups is 1. The lowest BCUT2D eigenvalue weighted by molar-refractivity contribution is -0.151. The number of carbonyl (C=O) groups excluding carboxylic acids is 2. The van der Waals surface area contributed by atoms with Crippen LogP contribution in [0.5, 0.6) is 0 Å². The summed E-state index contributed by atoms with van der Waals surface area (Å²) in [6.45, 7) is -0.433. The van der Waals surface area contributed by atoms with Crippen LogP contribution < -0.4 is 10.6 Å². The predicted molar refractivity (Wildman–Crippen MR) is 129 cm³/mol. The van der Waals surface area contributed by atoms with E-state index in [4.69, 9.17) is 0 Å². The van der Waals surface area contributed by atoms with Crippen molar-refractivity contribution in [2.24, 2.45) is 13.0 Å². The topological polar surface area (TPSA) is 105 Å². The van der Waals surface area contributed by atoms with Crippen LogP contribution in [0, 0.1) is 5.92 Å². The number of nitrogens with zero attached hydrogens (tertiary/aromatic N) is 4. The number of aromatic nitrogens is 2. The van der Waals surface area contributed by atoms with Crippen molar-refractivity contribution in [2.75, 3.05) is 11.4 Å². The maximum absolute atomic E-state index is 13.8. The van der Waals surface area contributed by atoms with E-state index in [9.17, 15) is 37.5 Å². The molecule has 6 rings (SSSR count). The SMILES string of the molecule is Cn1c(=O)n(C2CC2)c2cc(N3CC(C(=O)O)C(=O)N([C@@H]4CCc5c4cccc5C(F)(F)F)C3=O)ccc21. The van der Waals surface area contributed by atoms with E-state index in [2.05, 4.69) is 0 Å². The molecule has 3 aromatic rings. The molecule has 2 fully saturated rings. The zero-order valence-corrected chi connectivity index (χ0v) is 20.2. The van der Waals surface area contributed by atoms with Crippen molar-refractivity contribution >= 4 is 34.6 Å². The molecule has 1 saturated heterocycles. The van der Waals surface area contributed by atoms with E-state index in [-0.39, 0.29) is 35.7 Å². The summed E-state index contributed by atoms with van der Waals surface area (Å²) in [7, 11) is 1.64. The number of rotatable bonds is 4. The molecule has 3 amide bonds. The van der Waals surface area contributed by atoms with Crippen molar-refractivity contribution in [2.45, 2.75) is 43.9 Å². The first kappa shape index (κ1) is 24.3. The van der Waals surface area contributed by atoms with E-state index in [0.717, 1.165) is 23.8 Å². The first-order chi connectivity index (χ1) is 18.0. The number of hydrogen-bond acceptors (Lipinski definition) is 4. The highest BCUT2D eigenvalue weighted by atomic mass is 19.4. The molecule has 2 atom stereocenters. The molecule has 0 spiro atoms. The maximum Gasteiger partial charge on any atom is 0.416 e. The maximum atomic E-state index is 13.8. The summed E-state index contributed by atoms with van der Waals surface area (Å²) in [6.07, 6.45) is -2.87. The zero-order valence-electron chi connectivity index (χ0n) is 20.2. The number of imide groups is 1. The fourth-order valence-electron chi connectivity index (χ4n) is 5.79. The molecule has 1 saturated carbocycles. The Morgan fingerprint density at radius 3 is 2.42 bits per heavy atom. The number of halogens is 3. The summed E-state index contributed by atoms with van der Waals surface area (Å²) in [5.74, 6) is -3.99. The van der Waals surface area contributed by atoms with Gasteiger partial charge in [-0.25, -0.2) is 9.59 Å². The molecule has 3 aliphatic rings. The van der Waals surface area contributed by atoms with Crippen LogP contribution in [0.4, 0.5) is 23.7 Å². The normalized spacial score (nSPS) is 21.9. The molecule has 1 N–H and O–H groups in total. The number of carboxylic acid groups (broad SMARTS) is 1. The number of benzene rings is 2. The Morgan fingerprint density at radius 2 is 1.76 bits per heavy atom. The van der Waals surface area contributed by atoms with Gasteiger partial charge in [-0.3, -0.25) is 28.5 Å². The van der Waals surface area contributed by atoms with Crippen molar-refractivity contribution in [3.63, 3.8) is 0 Å². The van der Waals surface area contributed by atoms with Crippen LogP contribution in [0.3, 0.4) is 0 Å². The van der Waals surface area contributed by atoms with Crippen LogP contribution in [-0.2, 0) is 29.2 Å². The number of aryl methyl sites for hydroxylation is 1. The van der Waals surface area contributed by atoms with Gasteiger partial charge < -0.3 is 5.11 Å². The minimum absolute atomic E-state index is 0.00583. The molecule has 12 heteroatoms.